The molecular weight excluding hydrogens is 347 g/mol. The van der Waals surface area contributed by atoms with Crippen LogP contribution >= 0.6 is 0 Å². The van der Waals surface area contributed by atoms with Crippen LogP contribution in [0.25, 0.3) is 0 Å². The number of hydrogen-bond donors (Lipinski definition) is 0. The van der Waals surface area contributed by atoms with Gasteiger partial charge in [0, 0.05) is 32.3 Å². The molecule has 0 atom stereocenters. The molecule has 0 N–H and O–H groups in total. The van der Waals surface area contributed by atoms with Gasteiger partial charge in [-0.2, -0.15) is 18.2 Å². The third-order valence-corrected chi connectivity index (χ3v) is 1.38. The third kappa shape index (κ3) is 4.58. The van der Waals surface area contributed by atoms with E-state index in [1.807, 2.05) is 20.8 Å². The van der Waals surface area contributed by atoms with Crippen LogP contribution in [0.5, 0.6) is 0 Å². The molecule has 0 aliphatic heterocycles. The third-order valence-electron chi connectivity index (χ3n) is 1.38. The fourth-order valence-electron chi connectivity index (χ4n) is 0.768. The first kappa shape index (κ1) is 13.4. The summed E-state index contributed by atoms with van der Waals surface area (Å²) in [5.41, 5.74) is 0.319. The molecule has 0 aliphatic carbocycles. The quantitative estimate of drug-likeness (QED) is 0.494. The molecule has 14 heavy (non-hydrogen) atoms. The Hall–Kier alpha value is -0.602. The number of benzene rings is 1. The minimum atomic E-state index is -0.376. The maximum atomic E-state index is 13.0. The van der Waals surface area contributed by atoms with Crippen molar-refractivity contribution in [2.45, 2.75) is 20.8 Å². The van der Waals surface area contributed by atoms with Gasteiger partial charge in [-0.25, -0.2) is 4.39 Å². The average molecular weight is 359 g/mol. The maximum Gasteiger partial charge on any atom is 0.0259 e. The normalized spacial score (nSPS) is 9.71. The second-order valence-corrected chi connectivity index (χ2v) is 3.90. The van der Waals surface area contributed by atoms with E-state index in [0.29, 0.717) is 5.56 Å². The zero-order valence-corrected chi connectivity index (χ0v) is 11.5. The smallest absolute Gasteiger partial charge is 0.0259 e. The maximum absolute atomic E-state index is 13.0. The van der Waals surface area contributed by atoms with Crippen LogP contribution in [0.1, 0.15) is 26.3 Å². The van der Waals surface area contributed by atoms with Crippen LogP contribution in [-0.2, 0) is 21.1 Å². The molecule has 1 aromatic rings. The second-order valence-electron chi connectivity index (χ2n) is 3.90. The van der Waals surface area contributed by atoms with Gasteiger partial charge in [0.25, 0.3) is 0 Å². The van der Waals surface area contributed by atoms with Gasteiger partial charge in [-0.3, -0.25) is 0 Å². The number of halogens is 1. The van der Waals surface area contributed by atoms with Gasteiger partial charge < -0.3 is 0 Å². The van der Waals surface area contributed by atoms with E-state index in [-0.39, 0.29) is 32.3 Å². The monoisotopic (exact) mass is 359 g/mol. The van der Waals surface area contributed by atoms with Gasteiger partial charge in [0.2, 0.25) is 0 Å². The van der Waals surface area contributed by atoms with E-state index >= 15 is 0 Å². The summed E-state index contributed by atoms with van der Waals surface area (Å²) in [6.07, 6.45) is 0. The predicted octanol–water partition coefficient (Wildman–Crippen LogP) is 3.02. The standard InChI is InChI=1S/C12H12F.W/c1-12(2,3)9-8-10-6-4-5-7-11(10)13;/h4-6H,1-3H3;/q-1;. The molecule has 0 heterocycles. The van der Waals surface area contributed by atoms with Crippen molar-refractivity contribution in [1.82, 2.24) is 0 Å². The Morgan fingerprint density at radius 3 is 2.50 bits per heavy atom. The Labute approximate surface area is 99.2 Å². The van der Waals surface area contributed by atoms with Crippen molar-refractivity contribution in [3.8, 4) is 11.8 Å². The van der Waals surface area contributed by atoms with Crippen molar-refractivity contribution < 1.29 is 25.5 Å². The van der Waals surface area contributed by atoms with Crippen LogP contribution in [0.3, 0.4) is 0 Å². The Morgan fingerprint density at radius 1 is 1.36 bits per heavy atom. The zero-order valence-electron chi connectivity index (χ0n) is 8.52. The Balaban J connectivity index is 0.00000169. The molecule has 0 nitrogen and oxygen atoms in total. The van der Waals surface area contributed by atoms with Crippen molar-refractivity contribution in [3.05, 3.63) is 35.6 Å². The molecule has 0 fully saturated rings. The van der Waals surface area contributed by atoms with Crippen LogP contribution < -0.4 is 0 Å². The van der Waals surface area contributed by atoms with Gasteiger partial charge in [-0.05, 0) is 20.8 Å². The molecule has 0 radical (unpaired) electrons. The van der Waals surface area contributed by atoms with E-state index in [1.165, 1.54) is 6.07 Å². The van der Waals surface area contributed by atoms with E-state index in [0.717, 1.165) is 0 Å². The van der Waals surface area contributed by atoms with Gasteiger partial charge >= 0.3 is 0 Å². The van der Waals surface area contributed by atoms with E-state index in [9.17, 15) is 4.39 Å². The van der Waals surface area contributed by atoms with Crippen LogP contribution in [0.2, 0.25) is 0 Å². The summed E-state index contributed by atoms with van der Waals surface area (Å²) in [5, 5.41) is 0. The van der Waals surface area contributed by atoms with Crippen LogP contribution in [0, 0.1) is 29.1 Å². The van der Waals surface area contributed by atoms with Crippen LogP contribution in [-0.4, -0.2) is 0 Å². The van der Waals surface area contributed by atoms with Gasteiger partial charge in [0.05, 0.1) is 0 Å². The molecule has 74 valence electrons. The molecule has 1 rings (SSSR count). The van der Waals surface area contributed by atoms with Crippen LogP contribution in [0.4, 0.5) is 4.39 Å². The fourth-order valence-corrected chi connectivity index (χ4v) is 0.768. The average Bonchev–Trinajstić information content (AvgIpc) is 2.01. The van der Waals surface area contributed by atoms with Crippen molar-refractivity contribution in [1.29, 1.82) is 0 Å². The van der Waals surface area contributed by atoms with Gasteiger partial charge in [0.1, 0.15) is 0 Å². The molecular formula is C12H12FW-. The Morgan fingerprint density at radius 2 is 2.00 bits per heavy atom. The molecule has 0 saturated carbocycles. The topological polar surface area (TPSA) is 0 Å². The summed E-state index contributed by atoms with van der Waals surface area (Å²) < 4.78 is 13.0. The van der Waals surface area contributed by atoms with E-state index in [2.05, 4.69) is 17.9 Å². The molecule has 2 heteroatoms. The minimum absolute atomic E-state index is 0. The fraction of sp³-hybridized carbons (Fsp3) is 0.333. The predicted molar refractivity (Wildman–Crippen MR) is 51.6 cm³/mol. The second kappa shape index (κ2) is 5.32. The minimum Gasteiger partial charge on any atom is -0.235 e. The van der Waals surface area contributed by atoms with Gasteiger partial charge in [-0.15, -0.1) is 17.9 Å². The molecule has 0 saturated heterocycles. The Bertz CT molecular complexity index is 353. The summed E-state index contributed by atoms with van der Waals surface area (Å²) in [7, 11) is 0. The Kier molecular flexibility index (Phi) is 5.09. The first-order valence-electron chi connectivity index (χ1n) is 4.18. The first-order chi connectivity index (χ1) is 5.99. The van der Waals surface area contributed by atoms with E-state index in [1.54, 1.807) is 12.1 Å². The molecule has 0 spiro atoms. The largest absolute Gasteiger partial charge is 0.235 e. The molecule has 1 aromatic carbocycles. The summed E-state index contributed by atoms with van der Waals surface area (Å²) in [5.74, 6) is 5.39. The molecule has 0 unspecified atom stereocenters. The van der Waals surface area contributed by atoms with Crippen molar-refractivity contribution in [2.24, 2.45) is 5.41 Å². The number of rotatable bonds is 0. The molecule has 0 bridgehead atoms. The first-order valence-corrected chi connectivity index (χ1v) is 4.18. The van der Waals surface area contributed by atoms with Gasteiger partial charge in [-0.1, -0.05) is 5.56 Å². The molecule has 0 amide bonds. The molecule has 0 aromatic heterocycles. The van der Waals surface area contributed by atoms with Crippen LogP contribution in [0.15, 0.2) is 18.2 Å². The van der Waals surface area contributed by atoms with Crippen molar-refractivity contribution >= 4 is 0 Å². The number of hydrogen-bond acceptors (Lipinski definition) is 0. The van der Waals surface area contributed by atoms with E-state index < -0.39 is 0 Å². The van der Waals surface area contributed by atoms with Gasteiger partial charge in [0.15, 0.2) is 0 Å². The summed E-state index contributed by atoms with van der Waals surface area (Å²) in [6.45, 7) is 5.97. The summed E-state index contributed by atoms with van der Waals surface area (Å²) >= 11 is 0. The zero-order chi connectivity index (χ0) is 9.90. The van der Waals surface area contributed by atoms with Crippen molar-refractivity contribution in [3.63, 3.8) is 0 Å². The molecule has 0 aliphatic rings. The summed E-state index contributed by atoms with van der Waals surface area (Å²) in [4.78, 5) is 0. The van der Waals surface area contributed by atoms with E-state index in [4.69, 9.17) is 0 Å². The van der Waals surface area contributed by atoms with Crippen molar-refractivity contribution in [2.75, 3.05) is 0 Å². The SMILES string of the molecule is CC(C)(C)C#Cc1ccc[c-]c1F.[W]. The summed E-state index contributed by atoms with van der Waals surface area (Å²) in [6, 6.07) is 7.40.